The predicted octanol–water partition coefficient (Wildman–Crippen LogP) is 3.40. The maximum absolute atomic E-state index is 13.0. The lowest BCUT2D eigenvalue weighted by Crippen LogP contribution is -2.52. The highest BCUT2D eigenvalue weighted by molar-refractivity contribution is 7.22. The van der Waals surface area contributed by atoms with Gasteiger partial charge in [0.2, 0.25) is 5.91 Å². The molecule has 1 aromatic heterocycles. The first kappa shape index (κ1) is 18.5. The summed E-state index contributed by atoms with van der Waals surface area (Å²) in [4.78, 5) is 35.9. The summed E-state index contributed by atoms with van der Waals surface area (Å²) in [5.41, 5.74) is 1.60. The summed E-state index contributed by atoms with van der Waals surface area (Å²) in [7, 11) is 0. The molecule has 5 rings (SSSR count). The minimum atomic E-state index is -0.393. The Labute approximate surface area is 177 Å². The van der Waals surface area contributed by atoms with E-state index in [0.29, 0.717) is 10.7 Å². The average molecular weight is 427 g/mol. The van der Waals surface area contributed by atoms with Gasteiger partial charge in [-0.25, -0.2) is 9.88 Å². The molecule has 8 heteroatoms. The van der Waals surface area contributed by atoms with Crippen LogP contribution in [0, 0.1) is 0 Å². The van der Waals surface area contributed by atoms with Crippen LogP contribution in [-0.2, 0) is 9.59 Å². The number of carbonyl (C=O) groups is 2. The standard InChI is InChI=1S/C21H19ClN4O2S/c22-14-5-7-15(8-6-14)26-19(27)13-17(20(26)28)24-9-11-25(12-10-24)21-23-16-3-1-2-4-18(16)29-21/h1-8,17H,9-13H2/t17-/m0/s1. The molecule has 3 aromatic rings. The Morgan fingerprint density at radius 1 is 0.966 bits per heavy atom. The number of benzene rings is 2. The molecule has 2 aromatic carbocycles. The summed E-state index contributed by atoms with van der Waals surface area (Å²) in [6, 6.07) is 14.6. The van der Waals surface area contributed by atoms with Crippen LogP contribution in [0.3, 0.4) is 0 Å². The molecule has 6 nitrogen and oxygen atoms in total. The maximum Gasteiger partial charge on any atom is 0.251 e. The molecule has 0 unspecified atom stereocenters. The molecule has 3 heterocycles. The smallest absolute Gasteiger partial charge is 0.251 e. The monoisotopic (exact) mass is 426 g/mol. The molecule has 2 aliphatic heterocycles. The zero-order valence-corrected chi connectivity index (χ0v) is 17.2. The van der Waals surface area contributed by atoms with Gasteiger partial charge in [-0.15, -0.1) is 0 Å². The number of aromatic nitrogens is 1. The van der Waals surface area contributed by atoms with E-state index in [1.165, 1.54) is 9.60 Å². The maximum atomic E-state index is 13.0. The highest BCUT2D eigenvalue weighted by atomic mass is 35.5. The van der Waals surface area contributed by atoms with Gasteiger partial charge in [0.05, 0.1) is 28.4 Å². The molecule has 0 aliphatic carbocycles. The summed E-state index contributed by atoms with van der Waals surface area (Å²) in [6.45, 7) is 3.04. The molecule has 29 heavy (non-hydrogen) atoms. The fourth-order valence-electron chi connectivity index (χ4n) is 3.98. The molecule has 2 aliphatic rings. The van der Waals surface area contributed by atoms with Crippen LogP contribution in [0.2, 0.25) is 5.02 Å². The third-order valence-electron chi connectivity index (χ3n) is 5.52. The number of anilines is 2. The zero-order valence-electron chi connectivity index (χ0n) is 15.6. The number of hydrogen-bond acceptors (Lipinski definition) is 6. The van der Waals surface area contributed by atoms with E-state index < -0.39 is 6.04 Å². The Bertz CT molecular complexity index is 1040. The summed E-state index contributed by atoms with van der Waals surface area (Å²) < 4.78 is 1.18. The van der Waals surface area contributed by atoms with Crippen molar-refractivity contribution in [2.24, 2.45) is 0 Å². The zero-order chi connectivity index (χ0) is 20.0. The Kier molecular flexibility index (Phi) is 4.73. The van der Waals surface area contributed by atoms with Gasteiger partial charge in [0, 0.05) is 31.2 Å². The molecule has 2 fully saturated rings. The van der Waals surface area contributed by atoms with Crippen LogP contribution in [-0.4, -0.2) is 53.9 Å². The van der Waals surface area contributed by atoms with Gasteiger partial charge in [0.1, 0.15) is 0 Å². The largest absolute Gasteiger partial charge is 0.345 e. The highest BCUT2D eigenvalue weighted by Gasteiger charge is 2.43. The van der Waals surface area contributed by atoms with Gasteiger partial charge in [-0.2, -0.15) is 0 Å². The second-order valence-corrected chi connectivity index (χ2v) is 8.70. The first-order valence-corrected chi connectivity index (χ1v) is 10.8. The number of thiazole rings is 1. The Morgan fingerprint density at radius 2 is 1.69 bits per heavy atom. The molecule has 0 saturated carbocycles. The second kappa shape index (κ2) is 7.40. The van der Waals surface area contributed by atoms with Crippen molar-refractivity contribution < 1.29 is 9.59 Å². The van der Waals surface area contributed by atoms with E-state index in [0.717, 1.165) is 36.8 Å². The molecular formula is C21H19ClN4O2S. The lowest BCUT2D eigenvalue weighted by Gasteiger charge is -2.36. The van der Waals surface area contributed by atoms with Gasteiger partial charge in [-0.1, -0.05) is 35.1 Å². The molecule has 148 valence electrons. The number of para-hydroxylation sites is 1. The van der Waals surface area contributed by atoms with E-state index in [4.69, 9.17) is 16.6 Å². The SMILES string of the molecule is O=C1C[C@H](N2CCN(c3nc4ccccc4s3)CC2)C(=O)N1c1ccc(Cl)cc1. The van der Waals surface area contributed by atoms with Crippen LogP contribution in [0.5, 0.6) is 0 Å². The Balaban J connectivity index is 1.27. The van der Waals surface area contributed by atoms with Gasteiger partial charge in [-0.05, 0) is 36.4 Å². The summed E-state index contributed by atoms with van der Waals surface area (Å²) in [5, 5.41) is 1.60. The number of hydrogen-bond donors (Lipinski definition) is 0. The Morgan fingerprint density at radius 3 is 2.41 bits per heavy atom. The van der Waals surface area contributed by atoms with Crippen molar-refractivity contribution in [3.8, 4) is 0 Å². The van der Waals surface area contributed by atoms with Crippen molar-refractivity contribution in [2.45, 2.75) is 12.5 Å². The third kappa shape index (κ3) is 3.39. The van der Waals surface area contributed by atoms with Crippen LogP contribution < -0.4 is 9.80 Å². The normalized spacial score (nSPS) is 20.8. The number of amides is 2. The second-order valence-electron chi connectivity index (χ2n) is 7.25. The number of rotatable bonds is 3. The lowest BCUT2D eigenvalue weighted by atomic mass is 10.2. The first-order valence-electron chi connectivity index (χ1n) is 9.57. The summed E-state index contributed by atoms with van der Waals surface area (Å²) >= 11 is 7.62. The number of nitrogens with zero attached hydrogens (tertiary/aromatic N) is 4. The molecule has 1 atom stereocenters. The van der Waals surface area contributed by atoms with Gasteiger partial charge >= 0.3 is 0 Å². The average Bonchev–Trinajstić information content (AvgIpc) is 3.30. The predicted molar refractivity (Wildman–Crippen MR) is 116 cm³/mol. The molecule has 0 N–H and O–H groups in total. The molecule has 0 radical (unpaired) electrons. The van der Waals surface area contributed by atoms with E-state index in [-0.39, 0.29) is 18.2 Å². The third-order valence-corrected chi connectivity index (χ3v) is 6.86. The van der Waals surface area contributed by atoms with E-state index in [2.05, 4.69) is 15.9 Å². The quantitative estimate of drug-likeness (QED) is 0.601. The topological polar surface area (TPSA) is 56.8 Å². The number of imide groups is 1. The van der Waals surface area contributed by atoms with Gasteiger partial charge in [0.25, 0.3) is 5.91 Å². The van der Waals surface area contributed by atoms with E-state index >= 15 is 0 Å². The van der Waals surface area contributed by atoms with Crippen LogP contribution >= 0.6 is 22.9 Å². The Hall–Kier alpha value is -2.48. The van der Waals surface area contributed by atoms with E-state index in [1.807, 2.05) is 18.2 Å². The highest BCUT2D eigenvalue weighted by Crippen LogP contribution is 2.31. The van der Waals surface area contributed by atoms with Crippen molar-refractivity contribution in [3.63, 3.8) is 0 Å². The molecule has 0 bridgehead atoms. The minimum Gasteiger partial charge on any atom is -0.345 e. The van der Waals surface area contributed by atoms with Crippen molar-refractivity contribution in [3.05, 3.63) is 53.6 Å². The molecule has 0 spiro atoms. The van der Waals surface area contributed by atoms with Crippen molar-refractivity contribution in [2.75, 3.05) is 36.0 Å². The lowest BCUT2D eigenvalue weighted by molar-refractivity contribution is -0.123. The van der Waals surface area contributed by atoms with Crippen molar-refractivity contribution >= 4 is 55.8 Å². The number of fused-ring (bicyclic) bond motifs is 1. The van der Waals surface area contributed by atoms with Gasteiger partial charge < -0.3 is 4.90 Å². The molecular weight excluding hydrogens is 408 g/mol. The number of piperazine rings is 1. The summed E-state index contributed by atoms with van der Waals surface area (Å²) in [5.74, 6) is -0.304. The fourth-order valence-corrected chi connectivity index (χ4v) is 5.13. The van der Waals surface area contributed by atoms with Crippen LogP contribution in [0.15, 0.2) is 48.5 Å². The first-order chi connectivity index (χ1) is 14.1. The number of carbonyl (C=O) groups excluding carboxylic acids is 2. The van der Waals surface area contributed by atoms with Crippen LogP contribution in [0.4, 0.5) is 10.8 Å². The van der Waals surface area contributed by atoms with Gasteiger partial charge in [0.15, 0.2) is 5.13 Å². The summed E-state index contributed by atoms with van der Waals surface area (Å²) in [6.07, 6.45) is 0.225. The number of halogens is 1. The van der Waals surface area contributed by atoms with Crippen LogP contribution in [0.1, 0.15) is 6.42 Å². The minimum absolute atomic E-state index is 0.147. The van der Waals surface area contributed by atoms with E-state index in [1.54, 1.807) is 35.6 Å². The van der Waals surface area contributed by atoms with Gasteiger partial charge in [-0.3, -0.25) is 14.5 Å². The molecule has 2 amide bonds. The van der Waals surface area contributed by atoms with E-state index in [9.17, 15) is 9.59 Å². The van der Waals surface area contributed by atoms with Crippen molar-refractivity contribution in [1.29, 1.82) is 0 Å². The van der Waals surface area contributed by atoms with Crippen molar-refractivity contribution in [1.82, 2.24) is 9.88 Å². The van der Waals surface area contributed by atoms with Crippen LogP contribution in [0.25, 0.3) is 10.2 Å². The fraction of sp³-hybridized carbons (Fsp3) is 0.286. The molecule has 2 saturated heterocycles.